The van der Waals surface area contributed by atoms with E-state index in [-0.39, 0.29) is 27.8 Å². The summed E-state index contributed by atoms with van der Waals surface area (Å²) in [5, 5.41) is 11.3. The van der Waals surface area contributed by atoms with Gasteiger partial charge in [0.25, 0.3) is 10.1 Å². The van der Waals surface area contributed by atoms with Crippen molar-refractivity contribution in [1.82, 2.24) is 4.68 Å². The Morgan fingerprint density at radius 2 is 1.84 bits per heavy atom. The molecule has 5 rings (SSSR count). The minimum absolute atomic E-state index is 0.0276. The molecule has 0 radical (unpaired) electrons. The zero-order valence-electron chi connectivity index (χ0n) is 20.7. The van der Waals surface area contributed by atoms with E-state index in [0.29, 0.717) is 37.3 Å². The molecule has 12 heteroatoms. The maximum Gasteiger partial charge on any atom is 0.341 e. The van der Waals surface area contributed by atoms with Gasteiger partial charge in [-0.2, -0.15) is 8.42 Å². The number of aromatic nitrogens is 1. The first-order valence-corrected chi connectivity index (χ1v) is 13.1. The summed E-state index contributed by atoms with van der Waals surface area (Å²) in [6.07, 6.45) is 1.90. The summed E-state index contributed by atoms with van der Waals surface area (Å²) in [6.45, 7) is 5.69. The van der Waals surface area contributed by atoms with E-state index in [1.165, 1.54) is 24.4 Å². The van der Waals surface area contributed by atoms with Crippen molar-refractivity contribution in [3.05, 3.63) is 69.3 Å². The topological polar surface area (TPSA) is 146 Å². The van der Waals surface area contributed by atoms with Gasteiger partial charge in [0.05, 0.1) is 21.5 Å². The van der Waals surface area contributed by atoms with Gasteiger partial charge in [0.15, 0.2) is 0 Å². The highest BCUT2D eigenvalue weighted by atomic mass is 32.2. The van der Waals surface area contributed by atoms with Gasteiger partial charge in [-0.15, -0.1) is 0 Å². The highest BCUT2D eigenvalue weighted by molar-refractivity contribution is 7.85. The Balaban J connectivity index is 0.000000245. The predicted octanol–water partition coefficient (Wildman–Crippen LogP) is 1.99. The summed E-state index contributed by atoms with van der Waals surface area (Å²) < 4.78 is 46.3. The number of aromatic carboxylic acids is 1. The lowest BCUT2D eigenvalue weighted by Gasteiger charge is -2.33. The van der Waals surface area contributed by atoms with E-state index >= 15 is 4.39 Å². The van der Waals surface area contributed by atoms with Crippen LogP contribution in [0.4, 0.5) is 10.1 Å². The third-order valence-corrected chi connectivity index (χ3v) is 7.75. The fourth-order valence-corrected chi connectivity index (χ4v) is 5.25. The molecule has 3 heterocycles. The number of hydrogen-bond acceptors (Lipinski definition) is 7. The Hall–Kier alpha value is -3.48. The highest BCUT2D eigenvalue weighted by Crippen LogP contribution is 2.36. The summed E-state index contributed by atoms with van der Waals surface area (Å²) in [4.78, 5) is 25.9. The first-order valence-electron chi connectivity index (χ1n) is 11.7. The molecule has 198 valence electrons. The average Bonchev–Trinajstić information content (AvgIpc) is 3.14. The number of carboxylic acid groups (broad SMARTS) is 1. The summed E-state index contributed by atoms with van der Waals surface area (Å²) in [5.74, 6) is -1.56. The number of hydrogen-bond donors (Lipinski definition) is 3. The lowest BCUT2D eigenvalue weighted by atomic mass is 9.99. The van der Waals surface area contributed by atoms with Gasteiger partial charge in [-0.05, 0) is 37.5 Å². The van der Waals surface area contributed by atoms with E-state index < -0.39 is 27.3 Å². The van der Waals surface area contributed by atoms with Gasteiger partial charge >= 0.3 is 5.97 Å². The molecular formula is C25H29FN4O6S. The van der Waals surface area contributed by atoms with Crippen molar-refractivity contribution in [2.24, 2.45) is 11.7 Å². The summed E-state index contributed by atoms with van der Waals surface area (Å²) in [7, 11) is -2.20. The SMILES string of the molecule is C[C@@H]1CN(c2c(F)cc3c(=O)c(C(=O)O)cn4c3c2CCN4C)C[C@@H]1N.Cc1ccc(S(=O)(=O)O)cc1. The molecule has 0 unspecified atom stereocenters. The van der Waals surface area contributed by atoms with Crippen LogP contribution in [-0.2, 0) is 16.5 Å². The molecule has 0 amide bonds. The molecule has 3 aromatic rings. The van der Waals surface area contributed by atoms with E-state index in [4.69, 9.17) is 10.3 Å². The zero-order valence-corrected chi connectivity index (χ0v) is 21.5. The number of carboxylic acids is 1. The molecule has 0 bridgehead atoms. The summed E-state index contributed by atoms with van der Waals surface area (Å²) in [5.41, 5.74) is 7.86. The number of pyridine rings is 1. The van der Waals surface area contributed by atoms with Gasteiger partial charge in [-0.3, -0.25) is 14.0 Å². The van der Waals surface area contributed by atoms with Crippen molar-refractivity contribution in [3.63, 3.8) is 0 Å². The second-order valence-corrected chi connectivity index (χ2v) is 11.0. The largest absolute Gasteiger partial charge is 0.477 e. The van der Waals surface area contributed by atoms with Gasteiger partial charge in [0.2, 0.25) is 5.43 Å². The number of rotatable bonds is 3. The Bertz CT molecular complexity index is 1530. The van der Waals surface area contributed by atoms with Crippen molar-refractivity contribution >= 4 is 32.7 Å². The normalized spacial score (nSPS) is 19.1. The van der Waals surface area contributed by atoms with Gasteiger partial charge in [-0.1, -0.05) is 24.6 Å². The second-order valence-electron chi connectivity index (χ2n) is 9.57. The van der Waals surface area contributed by atoms with Crippen molar-refractivity contribution in [2.45, 2.75) is 31.2 Å². The molecule has 2 atom stereocenters. The number of benzene rings is 2. The van der Waals surface area contributed by atoms with Crippen molar-refractivity contribution in [3.8, 4) is 0 Å². The van der Waals surface area contributed by atoms with Crippen LogP contribution in [0.25, 0.3) is 10.9 Å². The van der Waals surface area contributed by atoms with E-state index in [0.717, 1.165) is 11.1 Å². The van der Waals surface area contributed by atoms with Crippen LogP contribution in [0.5, 0.6) is 0 Å². The highest BCUT2D eigenvalue weighted by Gasteiger charge is 2.33. The van der Waals surface area contributed by atoms with Crippen molar-refractivity contribution < 1.29 is 27.3 Å². The van der Waals surface area contributed by atoms with E-state index in [1.807, 2.05) is 30.8 Å². The monoisotopic (exact) mass is 532 g/mol. The Morgan fingerprint density at radius 1 is 1.19 bits per heavy atom. The predicted molar refractivity (Wildman–Crippen MR) is 138 cm³/mol. The van der Waals surface area contributed by atoms with Crippen LogP contribution in [-0.4, -0.2) is 61.4 Å². The number of halogens is 1. The number of anilines is 1. The molecule has 4 N–H and O–H groups in total. The second kappa shape index (κ2) is 9.77. The molecule has 37 heavy (non-hydrogen) atoms. The minimum atomic E-state index is -4.02. The molecule has 2 aliphatic rings. The standard InChI is InChI=1S/C18H21FN4O3.C7H8O3S/c1-9-6-22(8-14(9)20)16-10-3-4-21(2)23-7-12(18(25)26)17(24)11(15(10)23)5-13(16)19;1-6-2-4-7(5-3-6)11(8,9)10/h5,7,9,14H,3-4,6,8,20H2,1-2H3,(H,25,26);2-5H,1H3,(H,8,9,10)/t9-,14+;/m1./s1. The number of aryl methyl sites for hydroxylation is 1. The van der Waals surface area contributed by atoms with E-state index in [9.17, 15) is 23.1 Å². The van der Waals surface area contributed by atoms with E-state index in [1.54, 1.807) is 16.8 Å². The molecule has 1 saturated heterocycles. The molecule has 2 aromatic carbocycles. The molecule has 0 spiro atoms. The Labute approximate surface area is 213 Å². The number of nitrogens with zero attached hydrogens (tertiary/aromatic N) is 3. The van der Waals surface area contributed by atoms with Crippen LogP contribution >= 0.6 is 0 Å². The molecule has 1 aromatic heterocycles. The third kappa shape index (κ3) is 5.04. The molecular weight excluding hydrogens is 503 g/mol. The van der Waals surface area contributed by atoms with Gasteiger partial charge in [-0.25, -0.2) is 9.18 Å². The van der Waals surface area contributed by atoms with Gasteiger partial charge < -0.3 is 20.7 Å². The van der Waals surface area contributed by atoms with Gasteiger partial charge in [0, 0.05) is 44.5 Å². The summed E-state index contributed by atoms with van der Waals surface area (Å²) in [6, 6.07) is 7.13. The Kier molecular flexibility index (Phi) is 7.01. The van der Waals surface area contributed by atoms with Crippen LogP contribution in [0.3, 0.4) is 0 Å². The van der Waals surface area contributed by atoms with Crippen LogP contribution in [0, 0.1) is 18.7 Å². The smallest absolute Gasteiger partial charge is 0.341 e. The maximum absolute atomic E-state index is 15.0. The fraction of sp³-hybridized carbons (Fsp3) is 0.360. The van der Waals surface area contributed by atoms with Crippen molar-refractivity contribution in [2.75, 3.05) is 36.6 Å². The number of nitrogens with two attached hydrogens (primary N) is 1. The molecule has 10 nitrogen and oxygen atoms in total. The van der Waals surface area contributed by atoms with Gasteiger partial charge in [0.1, 0.15) is 11.4 Å². The Morgan fingerprint density at radius 3 is 2.38 bits per heavy atom. The molecule has 0 saturated carbocycles. The van der Waals surface area contributed by atoms with Crippen molar-refractivity contribution in [1.29, 1.82) is 0 Å². The lowest BCUT2D eigenvalue weighted by Crippen LogP contribution is -2.39. The summed E-state index contributed by atoms with van der Waals surface area (Å²) >= 11 is 0. The first-order chi connectivity index (χ1) is 17.3. The fourth-order valence-electron chi connectivity index (χ4n) is 4.77. The minimum Gasteiger partial charge on any atom is -0.477 e. The molecule has 0 aliphatic carbocycles. The van der Waals surface area contributed by atoms with Crippen LogP contribution in [0.15, 0.2) is 46.2 Å². The molecule has 2 aliphatic heterocycles. The maximum atomic E-state index is 15.0. The zero-order chi connectivity index (χ0) is 27.2. The number of likely N-dealkylation sites (N-methyl/N-ethyl adjacent to an activating group) is 1. The van der Waals surface area contributed by atoms with Crippen LogP contribution in [0.2, 0.25) is 0 Å². The third-order valence-electron chi connectivity index (χ3n) is 6.88. The lowest BCUT2D eigenvalue weighted by molar-refractivity contribution is 0.0694. The molecule has 1 fully saturated rings. The van der Waals surface area contributed by atoms with Crippen LogP contribution < -0.4 is 21.1 Å². The quantitative estimate of drug-likeness (QED) is 0.431. The van der Waals surface area contributed by atoms with Crippen LogP contribution in [0.1, 0.15) is 28.4 Å². The first kappa shape index (κ1) is 26.6. The average molecular weight is 533 g/mol. The number of carbonyl (C=O) groups is 1. The van der Waals surface area contributed by atoms with E-state index in [2.05, 4.69) is 0 Å².